The molecule has 0 radical (unpaired) electrons. The molecule has 31 heavy (non-hydrogen) atoms. The number of nitrogens with one attached hydrogen (secondary N) is 1. The zero-order chi connectivity index (χ0) is 22.6. The van der Waals surface area contributed by atoms with Gasteiger partial charge in [-0.25, -0.2) is 8.42 Å². The van der Waals surface area contributed by atoms with Gasteiger partial charge in [0.25, 0.3) is 5.91 Å². The van der Waals surface area contributed by atoms with Crippen molar-refractivity contribution in [1.82, 2.24) is 14.5 Å². The number of piperidine rings is 1. The maximum Gasteiger partial charge on any atom is 0.253 e. The van der Waals surface area contributed by atoms with Crippen LogP contribution in [0, 0.1) is 5.92 Å². The van der Waals surface area contributed by atoms with Crippen LogP contribution in [0.5, 0.6) is 0 Å². The van der Waals surface area contributed by atoms with Gasteiger partial charge >= 0.3 is 0 Å². The number of amides is 2. The molecule has 1 aliphatic heterocycles. The summed E-state index contributed by atoms with van der Waals surface area (Å²) < 4.78 is 27.0. The summed E-state index contributed by atoms with van der Waals surface area (Å²) in [6.45, 7) is 0.891. The van der Waals surface area contributed by atoms with Gasteiger partial charge in [0.05, 0.1) is 4.90 Å². The van der Waals surface area contributed by atoms with Crippen LogP contribution in [-0.2, 0) is 21.4 Å². The first kappa shape index (κ1) is 23.2. The van der Waals surface area contributed by atoms with E-state index in [0.717, 1.165) is 5.56 Å². The minimum Gasteiger partial charge on any atom is -0.352 e. The van der Waals surface area contributed by atoms with Gasteiger partial charge in [0.2, 0.25) is 15.9 Å². The van der Waals surface area contributed by atoms with E-state index in [9.17, 15) is 18.0 Å². The Kier molecular flexibility index (Phi) is 7.35. The summed E-state index contributed by atoms with van der Waals surface area (Å²) in [5.41, 5.74) is 1.40. The summed E-state index contributed by atoms with van der Waals surface area (Å²) in [7, 11) is -0.215. The third-order valence-electron chi connectivity index (χ3n) is 5.32. The van der Waals surface area contributed by atoms with E-state index < -0.39 is 10.0 Å². The van der Waals surface area contributed by atoms with Gasteiger partial charge in [-0.2, -0.15) is 4.31 Å². The summed E-state index contributed by atoms with van der Waals surface area (Å²) in [5, 5.41) is 3.39. The smallest absolute Gasteiger partial charge is 0.253 e. The standard InChI is InChI=1S/C22H26ClN3O4S/c1-25(2)22(28)18-5-3-4-16(14-18)15-24-21(27)17-10-12-26(13-11-17)31(29,30)20-8-6-19(23)7-9-20/h3-9,14,17H,10-13,15H2,1-2H3,(H,24,27). The lowest BCUT2D eigenvalue weighted by atomic mass is 9.97. The number of carbonyl (C=O) groups excluding carboxylic acids is 2. The van der Waals surface area contributed by atoms with Gasteiger partial charge < -0.3 is 10.2 Å². The largest absolute Gasteiger partial charge is 0.352 e. The zero-order valence-corrected chi connectivity index (χ0v) is 19.1. The number of sulfonamides is 1. The van der Waals surface area contributed by atoms with E-state index in [-0.39, 0.29) is 35.7 Å². The van der Waals surface area contributed by atoms with Crippen molar-refractivity contribution in [2.24, 2.45) is 5.92 Å². The second kappa shape index (κ2) is 9.80. The molecule has 0 spiro atoms. The molecule has 1 fully saturated rings. The number of nitrogens with zero attached hydrogens (tertiary/aromatic N) is 2. The SMILES string of the molecule is CN(C)C(=O)c1cccc(CNC(=O)C2CCN(S(=O)(=O)c3ccc(Cl)cc3)CC2)c1. The van der Waals surface area contributed by atoms with Gasteiger partial charge in [-0.3, -0.25) is 9.59 Å². The number of carbonyl (C=O) groups is 2. The van der Waals surface area contributed by atoms with Crippen molar-refractivity contribution in [2.45, 2.75) is 24.3 Å². The second-order valence-corrected chi connectivity index (χ2v) is 10.1. The maximum absolute atomic E-state index is 12.8. The molecule has 1 saturated heterocycles. The van der Waals surface area contributed by atoms with Crippen molar-refractivity contribution in [1.29, 1.82) is 0 Å². The van der Waals surface area contributed by atoms with E-state index in [1.807, 2.05) is 6.07 Å². The first-order valence-corrected chi connectivity index (χ1v) is 11.8. The van der Waals surface area contributed by atoms with Crippen molar-refractivity contribution in [3.8, 4) is 0 Å². The lowest BCUT2D eigenvalue weighted by Gasteiger charge is -2.30. The van der Waals surface area contributed by atoms with Crippen LogP contribution in [0.2, 0.25) is 5.02 Å². The van der Waals surface area contributed by atoms with Gasteiger partial charge in [0.1, 0.15) is 0 Å². The highest BCUT2D eigenvalue weighted by Gasteiger charge is 2.32. The van der Waals surface area contributed by atoms with Crippen LogP contribution in [0.15, 0.2) is 53.4 Å². The van der Waals surface area contributed by atoms with Crippen molar-refractivity contribution < 1.29 is 18.0 Å². The van der Waals surface area contributed by atoms with Gasteiger partial charge in [-0.05, 0) is 54.8 Å². The zero-order valence-electron chi connectivity index (χ0n) is 17.5. The summed E-state index contributed by atoms with van der Waals surface area (Å²) in [5.74, 6) is -0.446. The van der Waals surface area contributed by atoms with Crippen molar-refractivity contribution >= 4 is 33.4 Å². The summed E-state index contributed by atoms with van der Waals surface area (Å²) in [4.78, 5) is 26.4. The van der Waals surface area contributed by atoms with E-state index >= 15 is 0 Å². The van der Waals surface area contributed by atoms with Crippen LogP contribution in [0.25, 0.3) is 0 Å². The number of hydrogen-bond acceptors (Lipinski definition) is 4. The molecule has 0 atom stereocenters. The topological polar surface area (TPSA) is 86.8 Å². The molecule has 2 aromatic carbocycles. The molecular formula is C22H26ClN3O4S. The van der Waals surface area contributed by atoms with E-state index in [1.54, 1.807) is 44.4 Å². The molecule has 1 aliphatic rings. The highest BCUT2D eigenvalue weighted by atomic mass is 35.5. The Morgan fingerprint density at radius 3 is 2.35 bits per heavy atom. The highest BCUT2D eigenvalue weighted by molar-refractivity contribution is 7.89. The minimum atomic E-state index is -3.60. The minimum absolute atomic E-state index is 0.0950. The molecule has 0 aliphatic carbocycles. The van der Waals surface area contributed by atoms with Crippen molar-refractivity contribution in [3.63, 3.8) is 0 Å². The number of benzene rings is 2. The van der Waals surface area contributed by atoms with Crippen LogP contribution >= 0.6 is 11.6 Å². The molecule has 166 valence electrons. The van der Waals surface area contributed by atoms with E-state index in [1.165, 1.54) is 21.3 Å². The molecule has 7 nitrogen and oxygen atoms in total. The Bertz CT molecular complexity index is 1050. The van der Waals surface area contributed by atoms with Crippen LogP contribution in [0.1, 0.15) is 28.8 Å². The van der Waals surface area contributed by atoms with Crippen LogP contribution in [0.3, 0.4) is 0 Å². The summed E-state index contributed by atoms with van der Waals surface area (Å²) >= 11 is 5.84. The van der Waals surface area contributed by atoms with Crippen LogP contribution in [-0.4, -0.2) is 56.6 Å². The molecule has 0 saturated carbocycles. The average Bonchev–Trinajstić information content (AvgIpc) is 2.77. The van der Waals surface area contributed by atoms with E-state index in [2.05, 4.69) is 5.32 Å². The van der Waals surface area contributed by atoms with E-state index in [4.69, 9.17) is 11.6 Å². The van der Waals surface area contributed by atoms with Crippen LogP contribution in [0.4, 0.5) is 0 Å². The van der Waals surface area contributed by atoms with Gasteiger partial charge in [0.15, 0.2) is 0 Å². The molecule has 3 rings (SSSR count). The number of hydrogen-bond donors (Lipinski definition) is 1. The van der Waals surface area contributed by atoms with Gasteiger partial charge in [0, 0.05) is 50.2 Å². The Morgan fingerprint density at radius 1 is 1.10 bits per heavy atom. The lowest BCUT2D eigenvalue weighted by molar-refractivity contribution is -0.126. The fraction of sp³-hybridized carbons (Fsp3) is 0.364. The van der Waals surface area contributed by atoms with Crippen LogP contribution < -0.4 is 5.32 Å². The maximum atomic E-state index is 12.8. The lowest BCUT2D eigenvalue weighted by Crippen LogP contribution is -2.42. The quantitative estimate of drug-likeness (QED) is 0.713. The Labute approximate surface area is 188 Å². The second-order valence-electron chi connectivity index (χ2n) is 7.75. The molecule has 2 aromatic rings. The molecule has 0 unspecified atom stereocenters. The molecule has 2 amide bonds. The fourth-order valence-corrected chi connectivity index (χ4v) is 5.12. The summed E-state index contributed by atoms with van der Waals surface area (Å²) in [6, 6.07) is 13.2. The molecule has 1 N–H and O–H groups in total. The number of rotatable bonds is 6. The van der Waals surface area contributed by atoms with Crippen molar-refractivity contribution in [3.05, 3.63) is 64.7 Å². The third kappa shape index (κ3) is 5.64. The first-order chi connectivity index (χ1) is 14.7. The predicted molar refractivity (Wildman–Crippen MR) is 119 cm³/mol. The third-order valence-corrected chi connectivity index (χ3v) is 7.49. The van der Waals surface area contributed by atoms with Gasteiger partial charge in [-0.1, -0.05) is 23.7 Å². The fourth-order valence-electron chi connectivity index (χ4n) is 3.52. The Morgan fingerprint density at radius 2 is 1.74 bits per heavy atom. The van der Waals surface area contributed by atoms with Crippen molar-refractivity contribution in [2.75, 3.05) is 27.2 Å². The molecule has 9 heteroatoms. The highest BCUT2D eigenvalue weighted by Crippen LogP contribution is 2.25. The predicted octanol–water partition coefficient (Wildman–Crippen LogP) is 2.76. The normalized spacial score (nSPS) is 15.5. The monoisotopic (exact) mass is 463 g/mol. The molecule has 0 aromatic heterocycles. The van der Waals surface area contributed by atoms with Gasteiger partial charge in [-0.15, -0.1) is 0 Å². The average molecular weight is 464 g/mol. The first-order valence-electron chi connectivity index (χ1n) is 10.0. The molecule has 0 bridgehead atoms. The van der Waals surface area contributed by atoms with E-state index in [0.29, 0.717) is 30.0 Å². The molecule has 1 heterocycles. The number of halogens is 1. The Balaban J connectivity index is 1.54. The molecular weight excluding hydrogens is 438 g/mol. The summed E-state index contributed by atoms with van der Waals surface area (Å²) in [6.07, 6.45) is 0.912. The Hall–Kier alpha value is -2.42.